The van der Waals surface area contributed by atoms with Crippen LogP contribution in [0.1, 0.15) is 10.4 Å². The summed E-state index contributed by atoms with van der Waals surface area (Å²) in [6.07, 6.45) is 0. The van der Waals surface area contributed by atoms with Gasteiger partial charge in [-0.05, 0) is 12.1 Å². The Morgan fingerprint density at radius 1 is 1.21 bits per heavy atom. The van der Waals surface area contributed by atoms with Gasteiger partial charge in [0.15, 0.2) is 0 Å². The van der Waals surface area contributed by atoms with Crippen LogP contribution in [0, 0.1) is 5.82 Å². The van der Waals surface area contributed by atoms with E-state index in [0.717, 1.165) is 25.2 Å². The maximum absolute atomic E-state index is 13.9. The molecule has 1 aliphatic rings. The third kappa shape index (κ3) is 3.06. The Bertz CT molecular complexity index is 729. The first-order valence-corrected chi connectivity index (χ1v) is 6.69. The summed E-state index contributed by atoms with van der Waals surface area (Å²) in [6.45, 7) is -0.500. The zero-order chi connectivity index (χ0) is 17.9. The van der Waals surface area contributed by atoms with Gasteiger partial charge >= 0.3 is 17.9 Å². The van der Waals surface area contributed by atoms with Gasteiger partial charge in [-0.3, -0.25) is 0 Å². The van der Waals surface area contributed by atoms with Crippen LogP contribution in [-0.4, -0.2) is 50.6 Å². The lowest BCUT2D eigenvalue weighted by atomic mass is 10.1. The van der Waals surface area contributed by atoms with Crippen LogP contribution < -0.4 is 4.90 Å². The molecule has 0 spiro atoms. The van der Waals surface area contributed by atoms with E-state index in [1.807, 2.05) is 0 Å². The maximum atomic E-state index is 13.9. The minimum atomic E-state index is -1.53. The number of halogens is 1. The summed E-state index contributed by atoms with van der Waals surface area (Å²) >= 11 is 0. The zero-order valence-electron chi connectivity index (χ0n) is 12.9. The van der Waals surface area contributed by atoms with Gasteiger partial charge in [-0.25, -0.2) is 18.8 Å². The van der Waals surface area contributed by atoms with Crippen molar-refractivity contribution in [1.82, 2.24) is 0 Å². The molecule has 1 N–H and O–H groups in total. The molecule has 0 amide bonds. The Labute approximate surface area is 136 Å². The Hall–Kier alpha value is -2.94. The van der Waals surface area contributed by atoms with Crippen molar-refractivity contribution in [2.45, 2.75) is 0 Å². The van der Waals surface area contributed by atoms with Crippen LogP contribution in [0.4, 0.5) is 10.1 Å². The summed E-state index contributed by atoms with van der Waals surface area (Å²) in [5.74, 6) is -4.26. The van der Waals surface area contributed by atoms with Gasteiger partial charge in [-0.1, -0.05) is 6.07 Å². The van der Waals surface area contributed by atoms with Gasteiger partial charge < -0.3 is 24.2 Å². The van der Waals surface area contributed by atoms with Crippen LogP contribution in [0.5, 0.6) is 0 Å². The minimum absolute atomic E-state index is 0.149. The van der Waals surface area contributed by atoms with E-state index in [0.29, 0.717) is 0 Å². The van der Waals surface area contributed by atoms with Crippen molar-refractivity contribution in [3.05, 3.63) is 40.8 Å². The number of methoxy groups -OCH3 is 2. The first-order chi connectivity index (χ1) is 11.4. The van der Waals surface area contributed by atoms with E-state index >= 15 is 0 Å². The number of carboxylic acid groups (broad SMARTS) is 1. The monoisotopic (exact) mass is 339 g/mol. The largest absolute Gasteiger partial charge is 0.478 e. The average Bonchev–Trinajstić information content (AvgIpc) is 2.59. The molecule has 0 radical (unpaired) electrons. The van der Waals surface area contributed by atoms with Crippen molar-refractivity contribution >= 4 is 23.6 Å². The summed E-state index contributed by atoms with van der Waals surface area (Å²) in [5, 5.41) is 9.25. The number of benzene rings is 1. The molecule has 2 rings (SSSR count). The first kappa shape index (κ1) is 17.4. The molecular formula is C15H14FNO7. The number of rotatable bonds is 4. The molecule has 0 aromatic heterocycles. The van der Waals surface area contributed by atoms with Crippen molar-refractivity contribution < 1.29 is 38.1 Å². The quantitative estimate of drug-likeness (QED) is 0.808. The lowest BCUT2D eigenvalue weighted by Gasteiger charge is -2.32. The lowest BCUT2D eigenvalue weighted by Crippen LogP contribution is -2.39. The van der Waals surface area contributed by atoms with Gasteiger partial charge in [0.25, 0.3) is 0 Å². The van der Waals surface area contributed by atoms with Gasteiger partial charge in [0.2, 0.25) is 0 Å². The van der Waals surface area contributed by atoms with Gasteiger partial charge in [0.05, 0.1) is 32.1 Å². The fourth-order valence-electron chi connectivity index (χ4n) is 2.28. The molecule has 1 aromatic carbocycles. The molecule has 0 atom stereocenters. The number of nitrogens with zero attached hydrogens (tertiary/aromatic N) is 1. The van der Waals surface area contributed by atoms with Crippen molar-refractivity contribution in [3.63, 3.8) is 0 Å². The van der Waals surface area contributed by atoms with Crippen molar-refractivity contribution in [1.29, 1.82) is 0 Å². The summed E-state index contributed by atoms with van der Waals surface area (Å²) < 4.78 is 28.4. The molecule has 1 aliphatic heterocycles. The molecule has 1 aromatic rings. The molecular weight excluding hydrogens is 325 g/mol. The number of carbonyl (C=O) groups excluding carboxylic acids is 2. The number of hydrogen-bond acceptors (Lipinski definition) is 7. The van der Waals surface area contributed by atoms with Crippen LogP contribution in [0.25, 0.3) is 0 Å². The highest BCUT2D eigenvalue weighted by Gasteiger charge is 2.34. The van der Waals surface area contributed by atoms with Crippen LogP contribution >= 0.6 is 0 Å². The van der Waals surface area contributed by atoms with Crippen molar-refractivity contribution in [3.8, 4) is 0 Å². The Morgan fingerprint density at radius 2 is 1.88 bits per heavy atom. The number of esters is 2. The second-order valence-corrected chi connectivity index (χ2v) is 4.66. The first-order valence-electron chi connectivity index (χ1n) is 6.69. The van der Waals surface area contributed by atoms with Crippen molar-refractivity contribution in [2.75, 3.05) is 32.5 Å². The fourth-order valence-corrected chi connectivity index (χ4v) is 2.28. The third-order valence-corrected chi connectivity index (χ3v) is 3.33. The van der Waals surface area contributed by atoms with E-state index < -0.39 is 29.3 Å². The number of carbonyl (C=O) groups is 3. The fraction of sp³-hybridized carbons (Fsp3) is 0.267. The predicted octanol–water partition coefficient (Wildman–Crippen LogP) is 0.918. The van der Waals surface area contributed by atoms with Crippen LogP contribution in [0.3, 0.4) is 0 Å². The maximum Gasteiger partial charge on any atom is 0.355 e. The predicted molar refractivity (Wildman–Crippen MR) is 77.7 cm³/mol. The van der Waals surface area contributed by atoms with Gasteiger partial charge in [0, 0.05) is 0 Å². The number of hydrogen-bond donors (Lipinski definition) is 1. The second-order valence-electron chi connectivity index (χ2n) is 4.66. The van der Waals surface area contributed by atoms with E-state index in [2.05, 4.69) is 9.47 Å². The van der Waals surface area contributed by atoms with E-state index in [9.17, 15) is 23.9 Å². The highest BCUT2D eigenvalue weighted by molar-refractivity contribution is 6.05. The third-order valence-electron chi connectivity index (χ3n) is 3.33. The molecule has 0 fully saturated rings. The van der Waals surface area contributed by atoms with Crippen LogP contribution in [0.2, 0.25) is 0 Å². The summed E-state index contributed by atoms with van der Waals surface area (Å²) in [6, 6.07) is 3.54. The molecule has 0 bridgehead atoms. The SMILES string of the molecule is COC(=O)C1=C(C(=O)OC)N(c2cccc(F)c2C(=O)O)COC1. The summed E-state index contributed by atoms with van der Waals surface area (Å²) in [5.41, 5.74) is -1.22. The second kappa shape index (κ2) is 7.09. The van der Waals surface area contributed by atoms with Gasteiger partial charge in [0.1, 0.15) is 23.8 Å². The molecule has 0 saturated heterocycles. The highest BCUT2D eigenvalue weighted by atomic mass is 19.1. The molecule has 9 heteroatoms. The van der Waals surface area contributed by atoms with E-state index in [4.69, 9.17) is 4.74 Å². The van der Waals surface area contributed by atoms with E-state index in [1.54, 1.807) is 0 Å². The topological polar surface area (TPSA) is 102 Å². The average molecular weight is 339 g/mol. The molecule has 0 saturated carbocycles. The minimum Gasteiger partial charge on any atom is -0.478 e. The standard InChI is InChI=1S/C15H14FNO7/c1-22-14(20)8-6-24-7-17(12(8)15(21)23-2)10-5-3-4-9(16)11(10)13(18)19/h3-5H,6-7H2,1-2H3,(H,18,19). The Kier molecular flexibility index (Phi) is 5.14. The number of carboxylic acids is 1. The Balaban J connectivity index is 2.68. The van der Waals surface area contributed by atoms with Crippen molar-refractivity contribution in [2.24, 2.45) is 0 Å². The van der Waals surface area contributed by atoms with E-state index in [-0.39, 0.29) is 30.3 Å². The molecule has 8 nitrogen and oxygen atoms in total. The van der Waals surface area contributed by atoms with Gasteiger partial charge in [-0.15, -0.1) is 0 Å². The lowest BCUT2D eigenvalue weighted by molar-refractivity contribution is -0.140. The molecule has 128 valence electrons. The molecule has 24 heavy (non-hydrogen) atoms. The Morgan fingerprint density at radius 3 is 2.46 bits per heavy atom. The number of ether oxygens (including phenoxy) is 3. The highest BCUT2D eigenvalue weighted by Crippen LogP contribution is 2.30. The van der Waals surface area contributed by atoms with Crippen LogP contribution in [-0.2, 0) is 23.8 Å². The zero-order valence-corrected chi connectivity index (χ0v) is 12.9. The van der Waals surface area contributed by atoms with Crippen LogP contribution in [0.15, 0.2) is 29.5 Å². The number of aromatic carboxylic acids is 1. The summed E-state index contributed by atoms with van der Waals surface area (Å²) in [4.78, 5) is 36.4. The molecule has 0 unspecified atom stereocenters. The van der Waals surface area contributed by atoms with E-state index in [1.165, 1.54) is 12.1 Å². The summed E-state index contributed by atoms with van der Waals surface area (Å²) in [7, 11) is 2.22. The molecule has 0 aliphatic carbocycles. The van der Waals surface area contributed by atoms with Gasteiger partial charge in [-0.2, -0.15) is 0 Å². The normalized spacial score (nSPS) is 14.4. The smallest absolute Gasteiger partial charge is 0.355 e. The molecule has 1 heterocycles. The number of anilines is 1.